The molecule has 132 valence electrons. The molecule has 0 bridgehead atoms. The third kappa shape index (κ3) is 4.79. The van der Waals surface area contributed by atoms with Crippen molar-refractivity contribution in [3.63, 3.8) is 0 Å². The molecule has 5 heteroatoms. The van der Waals surface area contributed by atoms with Crippen LogP contribution < -0.4 is 10.2 Å². The summed E-state index contributed by atoms with van der Waals surface area (Å²) in [5, 5.41) is 3.02. The number of pyridine rings is 1. The molecule has 25 heavy (non-hydrogen) atoms. The van der Waals surface area contributed by atoms with E-state index in [4.69, 9.17) is 0 Å². The Bertz CT molecular complexity index is 694. The van der Waals surface area contributed by atoms with Crippen LogP contribution in [0.1, 0.15) is 25.3 Å². The van der Waals surface area contributed by atoms with E-state index in [9.17, 15) is 4.79 Å². The van der Waals surface area contributed by atoms with E-state index in [0.29, 0.717) is 12.5 Å². The molecule has 0 atom stereocenters. The molecule has 1 saturated heterocycles. The van der Waals surface area contributed by atoms with Gasteiger partial charge in [0.1, 0.15) is 5.82 Å². The van der Waals surface area contributed by atoms with E-state index in [0.717, 1.165) is 37.7 Å². The molecule has 5 nitrogen and oxygen atoms in total. The number of anilines is 2. The lowest BCUT2D eigenvalue weighted by atomic mass is 10.0. The van der Waals surface area contributed by atoms with Gasteiger partial charge in [-0.15, -0.1) is 0 Å². The Kier molecular flexibility index (Phi) is 5.66. The summed E-state index contributed by atoms with van der Waals surface area (Å²) in [6, 6.07) is 14.1. The smallest absolute Gasteiger partial charge is 0.238 e. The largest absolute Gasteiger partial charge is 0.354 e. The van der Waals surface area contributed by atoms with Gasteiger partial charge in [0, 0.05) is 38.1 Å². The molecule has 1 N–H and O–H groups in total. The van der Waals surface area contributed by atoms with Gasteiger partial charge in [-0.3, -0.25) is 9.69 Å². The van der Waals surface area contributed by atoms with Crippen molar-refractivity contribution in [2.45, 2.75) is 19.8 Å². The van der Waals surface area contributed by atoms with Crippen molar-refractivity contribution in [2.75, 3.05) is 42.9 Å². The zero-order chi connectivity index (χ0) is 17.6. The lowest BCUT2D eigenvalue weighted by Gasteiger charge is -2.34. The van der Waals surface area contributed by atoms with E-state index in [2.05, 4.69) is 46.1 Å². The number of hydrogen-bond acceptors (Lipinski definition) is 4. The van der Waals surface area contributed by atoms with Gasteiger partial charge in [-0.1, -0.05) is 32.0 Å². The van der Waals surface area contributed by atoms with Crippen LogP contribution in [0.3, 0.4) is 0 Å². The van der Waals surface area contributed by atoms with Gasteiger partial charge in [0.05, 0.1) is 6.54 Å². The highest BCUT2D eigenvalue weighted by Gasteiger charge is 2.19. The minimum Gasteiger partial charge on any atom is -0.354 e. The highest BCUT2D eigenvalue weighted by molar-refractivity contribution is 5.92. The summed E-state index contributed by atoms with van der Waals surface area (Å²) in [4.78, 5) is 21.2. The van der Waals surface area contributed by atoms with Gasteiger partial charge < -0.3 is 10.2 Å². The minimum atomic E-state index is 0.0483. The van der Waals surface area contributed by atoms with Gasteiger partial charge in [-0.25, -0.2) is 4.98 Å². The van der Waals surface area contributed by atoms with Gasteiger partial charge in [0.25, 0.3) is 0 Å². The second kappa shape index (κ2) is 8.12. The summed E-state index contributed by atoms with van der Waals surface area (Å²) in [6.45, 7) is 8.28. The Morgan fingerprint density at radius 3 is 2.60 bits per heavy atom. The van der Waals surface area contributed by atoms with E-state index in [1.165, 1.54) is 5.56 Å². The Morgan fingerprint density at radius 1 is 1.12 bits per heavy atom. The van der Waals surface area contributed by atoms with Crippen LogP contribution in [0.25, 0.3) is 0 Å². The maximum atomic E-state index is 12.3. The molecular formula is C20H26N4O. The first-order valence-electron chi connectivity index (χ1n) is 8.90. The van der Waals surface area contributed by atoms with Gasteiger partial charge in [-0.2, -0.15) is 0 Å². The maximum Gasteiger partial charge on any atom is 0.238 e. The molecule has 1 aromatic carbocycles. The van der Waals surface area contributed by atoms with Gasteiger partial charge in [-0.05, 0) is 35.7 Å². The van der Waals surface area contributed by atoms with Crippen molar-refractivity contribution >= 4 is 17.4 Å². The zero-order valence-corrected chi connectivity index (χ0v) is 15.0. The predicted octanol–water partition coefficient (Wildman–Crippen LogP) is 2.97. The highest BCUT2D eigenvalue weighted by atomic mass is 16.2. The molecule has 0 aliphatic carbocycles. The quantitative estimate of drug-likeness (QED) is 0.910. The molecule has 3 rings (SSSR count). The van der Waals surface area contributed by atoms with E-state index < -0.39 is 0 Å². The molecule has 0 radical (unpaired) electrons. The number of benzene rings is 1. The first kappa shape index (κ1) is 17.4. The fraction of sp³-hybridized carbons (Fsp3) is 0.400. The maximum absolute atomic E-state index is 12.3. The number of amides is 1. The second-order valence-corrected chi connectivity index (χ2v) is 6.78. The Hall–Kier alpha value is -2.40. The van der Waals surface area contributed by atoms with Crippen LogP contribution in [0.15, 0.2) is 48.7 Å². The van der Waals surface area contributed by atoms with Gasteiger partial charge in [0.15, 0.2) is 0 Å². The first-order chi connectivity index (χ1) is 12.1. The number of carbonyl (C=O) groups excluding carboxylic acids is 1. The molecule has 2 aromatic rings. The summed E-state index contributed by atoms with van der Waals surface area (Å²) in [7, 11) is 0. The van der Waals surface area contributed by atoms with E-state index in [1.807, 2.05) is 36.5 Å². The summed E-state index contributed by atoms with van der Waals surface area (Å²) in [5.41, 5.74) is 2.12. The molecule has 0 unspecified atom stereocenters. The summed E-state index contributed by atoms with van der Waals surface area (Å²) < 4.78 is 0. The van der Waals surface area contributed by atoms with Crippen LogP contribution in [-0.4, -0.2) is 48.5 Å². The van der Waals surface area contributed by atoms with Crippen LogP contribution in [0.5, 0.6) is 0 Å². The van der Waals surface area contributed by atoms with Crippen LogP contribution in [0.2, 0.25) is 0 Å². The van der Waals surface area contributed by atoms with Crippen LogP contribution in [0.4, 0.5) is 11.5 Å². The number of aromatic nitrogens is 1. The average Bonchev–Trinajstić information content (AvgIpc) is 2.63. The molecule has 1 fully saturated rings. The molecule has 1 aliphatic heterocycles. The average molecular weight is 338 g/mol. The lowest BCUT2D eigenvalue weighted by molar-refractivity contribution is -0.117. The van der Waals surface area contributed by atoms with Crippen molar-refractivity contribution in [2.24, 2.45) is 0 Å². The Labute approximate surface area is 149 Å². The Balaban J connectivity index is 1.49. The molecule has 0 spiro atoms. The topological polar surface area (TPSA) is 48.5 Å². The van der Waals surface area contributed by atoms with Crippen LogP contribution in [0, 0.1) is 0 Å². The van der Waals surface area contributed by atoms with E-state index >= 15 is 0 Å². The summed E-state index contributed by atoms with van der Waals surface area (Å²) >= 11 is 0. The fourth-order valence-electron chi connectivity index (χ4n) is 3.06. The van der Waals surface area contributed by atoms with E-state index in [1.54, 1.807) is 0 Å². The molecule has 1 amide bonds. The van der Waals surface area contributed by atoms with Crippen molar-refractivity contribution in [1.82, 2.24) is 9.88 Å². The van der Waals surface area contributed by atoms with Crippen molar-refractivity contribution < 1.29 is 4.79 Å². The minimum absolute atomic E-state index is 0.0483. The number of rotatable bonds is 5. The van der Waals surface area contributed by atoms with Crippen molar-refractivity contribution in [1.29, 1.82) is 0 Å². The Morgan fingerprint density at radius 2 is 1.92 bits per heavy atom. The number of hydrogen-bond donors (Lipinski definition) is 1. The van der Waals surface area contributed by atoms with Crippen molar-refractivity contribution in [3.05, 3.63) is 54.2 Å². The van der Waals surface area contributed by atoms with Crippen LogP contribution >= 0.6 is 0 Å². The third-order valence-corrected chi connectivity index (χ3v) is 4.55. The first-order valence-corrected chi connectivity index (χ1v) is 8.90. The predicted molar refractivity (Wildman–Crippen MR) is 102 cm³/mol. The second-order valence-electron chi connectivity index (χ2n) is 6.78. The SMILES string of the molecule is CC(C)c1cccc(NC(=O)CN2CCN(c3ccccn3)CC2)c1. The number of nitrogens with one attached hydrogen (secondary N) is 1. The number of nitrogens with zero attached hydrogens (tertiary/aromatic N) is 3. The van der Waals surface area contributed by atoms with E-state index in [-0.39, 0.29) is 5.91 Å². The number of piperazine rings is 1. The standard InChI is InChI=1S/C20H26N4O/c1-16(2)17-6-5-7-18(14-17)22-20(25)15-23-10-12-24(13-11-23)19-8-3-4-9-21-19/h3-9,14,16H,10-13,15H2,1-2H3,(H,22,25). The zero-order valence-electron chi connectivity index (χ0n) is 15.0. The molecule has 2 heterocycles. The molecule has 1 aliphatic rings. The van der Waals surface area contributed by atoms with Gasteiger partial charge >= 0.3 is 0 Å². The summed E-state index contributed by atoms with van der Waals surface area (Å²) in [5.74, 6) is 1.51. The molecular weight excluding hydrogens is 312 g/mol. The van der Waals surface area contributed by atoms with Crippen LogP contribution in [-0.2, 0) is 4.79 Å². The normalized spacial score (nSPS) is 15.4. The molecule has 1 aromatic heterocycles. The monoisotopic (exact) mass is 338 g/mol. The third-order valence-electron chi connectivity index (χ3n) is 4.55. The summed E-state index contributed by atoms with van der Waals surface area (Å²) in [6.07, 6.45) is 1.82. The number of carbonyl (C=O) groups is 1. The van der Waals surface area contributed by atoms with Crippen molar-refractivity contribution in [3.8, 4) is 0 Å². The van der Waals surface area contributed by atoms with Gasteiger partial charge in [0.2, 0.25) is 5.91 Å². The fourth-order valence-corrected chi connectivity index (χ4v) is 3.06. The highest BCUT2D eigenvalue weighted by Crippen LogP contribution is 2.18. The lowest BCUT2D eigenvalue weighted by Crippen LogP contribution is -2.48. The molecule has 0 saturated carbocycles.